The summed E-state index contributed by atoms with van der Waals surface area (Å²) in [5.41, 5.74) is -0.616. The van der Waals surface area contributed by atoms with E-state index in [1.54, 1.807) is 13.1 Å². The van der Waals surface area contributed by atoms with Gasteiger partial charge in [-0.1, -0.05) is 42.8 Å². The second kappa shape index (κ2) is 5.21. The van der Waals surface area contributed by atoms with Crippen LogP contribution in [0, 0.1) is 5.41 Å². The van der Waals surface area contributed by atoms with E-state index in [-0.39, 0.29) is 17.0 Å². The van der Waals surface area contributed by atoms with Gasteiger partial charge >= 0.3 is 6.18 Å². The standard InChI is InChI=1S/C13H17BrF3N/c1-12(2,3)11(18-4)9-6-5-8(14)7-10(9)13(15,16)17/h5-7,11,18H,1-4H3. The molecule has 5 heteroatoms. The Morgan fingerprint density at radius 1 is 1.17 bits per heavy atom. The van der Waals surface area contributed by atoms with Gasteiger partial charge in [0.2, 0.25) is 0 Å². The van der Waals surface area contributed by atoms with Crippen molar-refractivity contribution < 1.29 is 13.2 Å². The van der Waals surface area contributed by atoms with Gasteiger partial charge in [0.1, 0.15) is 0 Å². The van der Waals surface area contributed by atoms with Crippen molar-refractivity contribution >= 4 is 15.9 Å². The first-order valence-corrected chi connectivity index (χ1v) is 6.40. The predicted molar refractivity (Wildman–Crippen MR) is 70.4 cm³/mol. The molecular formula is C13H17BrF3N. The van der Waals surface area contributed by atoms with Crippen molar-refractivity contribution in [3.63, 3.8) is 0 Å². The van der Waals surface area contributed by atoms with Gasteiger partial charge in [0.05, 0.1) is 5.56 Å². The summed E-state index contributed by atoms with van der Waals surface area (Å²) in [6.07, 6.45) is -4.35. The molecule has 0 fully saturated rings. The molecule has 0 saturated carbocycles. The number of hydrogen-bond acceptors (Lipinski definition) is 1. The molecule has 0 saturated heterocycles. The third-order valence-electron chi connectivity index (χ3n) is 2.79. The topological polar surface area (TPSA) is 12.0 Å². The van der Waals surface area contributed by atoms with Crippen molar-refractivity contribution in [2.24, 2.45) is 5.41 Å². The summed E-state index contributed by atoms with van der Waals surface area (Å²) in [5, 5.41) is 2.97. The van der Waals surface area contributed by atoms with E-state index in [9.17, 15) is 13.2 Å². The average molecular weight is 324 g/mol. The van der Waals surface area contributed by atoms with Gasteiger partial charge in [0.15, 0.2) is 0 Å². The van der Waals surface area contributed by atoms with Crippen LogP contribution in [0.5, 0.6) is 0 Å². The lowest BCUT2D eigenvalue weighted by Gasteiger charge is -2.32. The molecule has 0 aliphatic heterocycles. The number of nitrogens with one attached hydrogen (secondary N) is 1. The van der Waals surface area contributed by atoms with Crippen molar-refractivity contribution in [3.05, 3.63) is 33.8 Å². The fourth-order valence-electron chi connectivity index (χ4n) is 2.08. The van der Waals surface area contributed by atoms with E-state index in [0.717, 1.165) is 6.07 Å². The van der Waals surface area contributed by atoms with Crippen molar-refractivity contribution in [1.29, 1.82) is 0 Å². The maximum atomic E-state index is 13.1. The molecule has 0 heterocycles. The van der Waals surface area contributed by atoms with Crippen LogP contribution in [0.25, 0.3) is 0 Å². The molecule has 1 unspecified atom stereocenters. The van der Waals surface area contributed by atoms with E-state index in [1.807, 2.05) is 20.8 Å². The first-order chi connectivity index (χ1) is 8.07. The molecule has 1 N–H and O–H groups in total. The highest BCUT2D eigenvalue weighted by Gasteiger charge is 2.37. The lowest BCUT2D eigenvalue weighted by Crippen LogP contribution is -2.31. The van der Waals surface area contributed by atoms with Crippen LogP contribution < -0.4 is 5.32 Å². The van der Waals surface area contributed by atoms with Crippen LogP contribution in [-0.2, 0) is 6.18 Å². The number of alkyl halides is 3. The molecule has 1 aromatic rings. The number of benzene rings is 1. The van der Waals surface area contributed by atoms with E-state index in [0.29, 0.717) is 4.47 Å². The maximum absolute atomic E-state index is 13.1. The SMILES string of the molecule is CNC(c1ccc(Br)cc1C(F)(F)F)C(C)(C)C. The fourth-order valence-corrected chi connectivity index (χ4v) is 2.44. The molecule has 0 aromatic heterocycles. The Balaban J connectivity index is 3.40. The Kier molecular flexibility index (Phi) is 4.49. The van der Waals surface area contributed by atoms with Crippen molar-refractivity contribution in [2.75, 3.05) is 7.05 Å². The van der Waals surface area contributed by atoms with Crippen molar-refractivity contribution in [2.45, 2.75) is 33.0 Å². The highest BCUT2D eigenvalue weighted by atomic mass is 79.9. The monoisotopic (exact) mass is 323 g/mol. The summed E-state index contributed by atoms with van der Waals surface area (Å²) in [6, 6.07) is 3.94. The number of rotatable bonds is 2. The summed E-state index contributed by atoms with van der Waals surface area (Å²) in [7, 11) is 1.68. The molecule has 1 nitrogen and oxygen atoms in total. The predicted octanol–water partition coefficient (Wildman–Crippen LogP) is 4.77. The molecule has 0 aliphatic rings. The molecule has 0 radical (unpaired) electrons. The minimum Gasteiger partial charge on any atom is -0.313 e. The van der Waals surface area contributed by atoms with E-state index in [4.69, 9.17) is 0 Å². The minimum atomic E-state index is -4.35. The van der Waals surface area contributed by atoms with E-state index < -0.39 is 11.7 Å². The second-order valence-corrected chi connectivity index (χ2v) is 6.23. The lowest BCUT2D eigenvalue weighted by atomic mass is 9.80. The van der Waals surface area contributed by atoms with E-state index in [2.05, 4.69) is 21.2 Å². The zero-order valence-electron chi connectivity index (χ0n) is 10.8. The number of hydrogen-bond donors (Lipinski definition) is 1. The second-order valence-electron chi connectivity index (χ2n) is 5.32. The molecule has 0 amide bonds. The molecule has 0 bridgehead atoms. The van der Waals surface area contributed by atoms with Crippen LogP contribution >= 0.6 is 15.9 Å². The minimum absolute atomic E-state index is 0.278. The van der Waals surface area contributed by atoms with Crippen LogP contribution in [0.4, 0.5) is 13.2 Å². The van der Waals surface area contributed by atoms with Crippen LogP contribution in [0.1, 0.15) is 37.9 Å². The largest absolute Gasteiger partial charge is 0.416 e. The molecule has 0 aliphatic carbocycles. The van der Waals surface area contributed by atoms with Gasteiger partial charge in [0.25, 0.3) is 0 Å². The van der Waals surface area contributed by atoms with Crippen LogP contribution in [0.3, 0.4) is 0 Å². The molecular weight excluding hydrogens is 307 g/mol. The van der Waals surface area contributed by atoms with Gasteiger partial charge in [-0.2, -0.15) is 13.2 Å². The van der Waals surface area contributed by atoms with Gasteiger partial charge in [-0.05, 0) is 30.2 Å². The van der Waals surface area contributed by atoms with Gasteiger partial charge in [0, 0.05) is 10.5 Å². The molecule has 18 heavy (non-hydrogen) atoms. The summed E-state index contributed by atoms with van der Waals surface area (Å²) in [5.74, 6) is 0. The summed E-state index contributed by atoms with van der Waals surface area (Å²) < 4.78 is 39.6. The van der Waals surface area contributed by atoms with Gasteiger partial charge in [-0.15, -0.1) is 0 Å². The highest BCUT2D eigenvalue weighted by molar-refractivity contribution is 9.10. The summed E-state index contributed by atoms with van der Waals surface area (Å²) in [6.45, 7) is 5.74. The smallest absolute Gasteiger partial charge is 0.313 e. The molecule has 102 valence electrons. The van der Waals surface area contributed by atoms with Gasteiger partial charge in [-0.25, -0.2) is 0 Å². The zero-order valence-corrected chi connectivity index (χ0v) is 12.4. The van der Waals surface area contributed by atoms with Gasteiger partial charge < -0.3 is 5.32 Å². The third kappa shape index (κ3) is 3.48. The molecule has 1 rings (SSSR count). The Labute approximate surface area is 114 Å². The maximum Gasteiger partial charge on any atom is 0.416 e. The van der Waals surface area contributed by atoms with E-state index in [1.165, 1.54) is 6.07 Å². The van der Waals surface area contributed by atoms with Gasteiger partial charge in [-0.3, -0.25) is 0 Å². The lowest BCUT2D eigenvalue weighted by molar-refractivity contribution is -0.138. The Bertz CT molecular complexity index is 421. The molecule has 1 atom stereocenters. The third-order valence-corrected chi connectivity index (χ3v) is 3.28. The van der Waals surface area contributed by atoms with Crippen molar-refractivity contribution in [3.8, 4) is 0 Å². The number of halogens is 4. The van der Waals surface area contributed by atoms with Crippen LogP contribution in [0.2, 0.25) is 0 Å². The summed E-state index contributed by atoms with van der Waals surface area (Å²) in [4.78, 5) is 0. The first-order valence-electron chi connectivity index (χ1n) is 5.61. The average Bonchev–Trinajstić information content (AvgIpc) is 2.17. The Morgan fingerprint density at radius 2 is 1.72 bits per heavy atom. The van der Waals surface area contributed by atoms with E-state index >= 15 is 0 Å². The van der Waals surface area contributed by atoms with Crippen molar-refractivity contribution in [1.82, 2.24) is 5.32 Å². The first kappa shape index (κ1) is 15.5. The zero-order chi connectivity index (χ0) is 14.1. The normalized spacial score (nSPS) is 14.7. The van der Waals surface area contributed by atoms with Crippen LogP contribution in [-0.4, -0.2) is 7.05 Å². The fraction of sp³-hybridized carbons (Fsp3) is 0.538. The molecule has 1 aromatic carbocycles. The Hall–Kier alpha value is -0.550. The highest BCUT2D eigenvalue weighted by Crippen LogP contribution is 2.41. The summed E-state index contributed by atoms with van der Waals surface area (Å²) >= 11 is 3.09. The van der Waals surface area contributed by atoms with Crippen LogP contribution in [0.15, 0.2) is 22.7 Å². The Morgan fingerprint density at radius 3 is 2.11 bits per heavy atom. The quantitative estimate of drug-likeness (QED) is 0.826. The molecule has 0 spiro atoms.